The van der Waals surface area contributed by atoms with Crippen LogP contribution in [0.5, 0.6) is 0 Å². The van der Waals surface area contributed by atoms with E-state index in [0.29, 0.717) is 19.6 Å². The molecule has 0 saturated carbocycles. The van der Waals surface area contributed by atoms with Crippen molar-refractivity contribution in [2.45, 2.75) is 32.4 Å². The number of benzene rings is 1. The van der Waals surface area contributed by atoms with Gasteiger partial charge in [0.25, 0.3) is 5.91 Å². The molecule has 1 aromatic carbocycles. The average Bonchev–Trinajstić information content (AvgIpc) is 2.92. The molecule has 2 N–H and O–H groups in total. The molecule has 1 unspecified atom stereocenters. The van der Waals surface area contributed by atoms with Crippen molar-refractivity contribution in [1.82, 2.24) is 20.4 Å². The molecule has 8 nitrogen and oxygen atoms in total. The summed E-state index contributed by atoms with van der Waals surface area (Å²) in [4.78, 5) is 50.5. The van der Waals surface area contributed by atoms with E-state index in [4.69, 9.17) is 0 Å². The van der Waals surface area contributed by atoms with Gasteiger partial charge in [-0.05, 0) is 18.9 Å². The Labute approximate surface area is 151 Å². The Kier molecular flexibility index (Phi) is 5.20. The van der Waals surface area contributed by atoms with Crippen LogP contribution < -0.4 is 10.6 Å². The lowest BCUT2D eigenvalue weighted by Crippen LogP contribution is -2.52. The normalized spacial score (nSPS) is 20.2. The minimum Gasteiger partial charge on any atom is -0.335 e. The number of carbonyl (C=O) groups is 4. The standard InChI is InChI=1S/C18H22N4O4/c1-12-3-2-4-13(9-12)10-21-7-8-22(11-16(21)24)15(23)6-5-14-17(25)20-18(26)19-14/h2-4,9,14H,5-8,10-11H2,1H3,(H2,19,20,25,26). The Morgan fingerprint density at radius 2 is 2.04 bits per heavy atom. The molecule has 1 atom stereocenters. The molecule has 5 amide bonds. The number of amides is 5. The van der Waals surface area contributed by atoms with E-state index in [9.17, 15) is 19.2 Å². The lowest BCUT2D eigenvalue weighted by molar-refractivity contribution is -0.145. The van der Waals surface area contributed by atoms with Gasteiger partial charge in [0.1, 0.15) is 6.04 Å². The van der Waals surface area contributed by atoms with Crippen molar-refractivity contribution >= 4 is 23.8 Å². The highest BCUT2D eigenvalue weighted by Crippen LogP contribution is 2.13. The number of aryl methyl sites for hydroxylation is 1. The summed E-state index contributed by atoms with van der Waals surface area (Å²) in [6.07, 6.45) is 0.345. The molecule has 26 heavy (non-hydrogen) atoms. The molecule has 0 radical (unpaired) electrons. The van der Waals surface area contributed by atoms with Gasteiger partial charge in [-0.25, -0.2) is 4.79 Å². The molecule has 0 aromatic heterocycles. The fourth-order valence-electron chi connectivity index (χ4n) is 3.21. The molecule has 1 aromatic rings. The first-order valence-electron chi connectivity index (χ1n) is 8.65. The minimum atomic E-state index is -0.676. The van der Waals surface area contributed by atoms with Crippen LogP contribution >= 0.6 is 0 Å². The third-order valence-electron chi connectivity index (χ3n) is 4.63. The van der Waals surface area contributed by atoms with Gasteiger partial charge in [0.05, 0.1) is 6.54 Å². The van der Waals surface area contributed by atoms with Gasteiger partial charge in [0.2, 0.25) is 11.8 Å². The Balaban J connectivity index is 1.48. The molecule has 3 rings (SSSR count). The van der Waals surface area contributed by atoms with E-state index in [2.05, 4.69) is 10.6 Å². The second-order valence-corrected chi connectivity index (χ2v) is 6.67. The summed E-state index contributed by atoms with van der Waals surface area (Å²) in [5, 5.41) is 4.60. The Bertz CT molecular complexity index is 748. The van der Waals surface area contributed by atoms with E-state index in [1.165, 1.54) is 4.90 Å². The maximum absolute atomic E-state index is 12.4. The minimum absolute atomic E-state index is 0.0495. The third kappa shape index (κ3) is 4.19. The molecular weight excluding hydrogens is 336 g/mol. The average molecular weight is 358 g/mol. The molecule has 0 spiro atoms. The molecule has 2 heterocycles. The lowest BCUT2D eigenvalue weighted by atomic mass is 10.1. The number of urea groups is 1. The summed E-state index contributed by atoms with van der Waals surface area (Å²) in [5.41, 5.74) is 2.22. The van der Waals surface area contributed by atoms with E-state index in [0.717, 1.165) is 11.1 Å². The first-order chi connectivity index (χ1) is 12.4. The number of imide groups is 1. The number of rotatable bonds is 5. The van der Waals surface area contributed by atoms with Crippen molar-refractivity contribution in [3.8, 4) is 0 Å². The van der Waals surface area contributed by atoms with Crippen LogP contribution in [-0.2, 0) is 20.9 Å². The van der Waals surface area contributed by atoms with Crippen molar-refractivity contribution in [2.75, 3.05) is 19.6 Å². The van der Waals surface area contributed by atoms with E-state index in [1.54, 1.807) is 4.90 Å². The van der Waals surface area contributed by atoms with Crippen LogP contribution in [0, 0.1) is 6.92 Å². The molecule has 2 aliphatic rings. The second-order valence-electron chi connectivity index (χ2n) is 6.67. The zero-order valence-electron chi connectivity index (χ0n) is 14.7. The maximum Gasteiger partial charge on any atom is 0.322 e. The SMILES string of the molecule is Cc1cccc(CN2CCN(C(=O)CCC3NC(=O)NC3=O)CC2=O)c1. The summed E-state index contributed by atoms with van der Waals surface area (Å²) in [6, 6.07) is 6.80. The number of nitrogens with zero attached hydrogens (tertiary/aromatic N) is 2. The highest BCUT2D eigenvalue weighted by molar-refractivity contribution is 6.04. The monoisotopic (exact) mass is 358 g/mol. The maximum atomic E-state index is 12.4. The Morgan fingerprint density at radius 1 is 1.23 bits per heavy atom. The smallest absolute Gasteiger partial charge is 0.322 e. The second kappa shape index (κ2) is 7.55. The largest absolute Gasteiger partial charge is 0.335 e. The molecule has 2 fully saturated rings. The van der Waals surface area contributed by atoms with Crippen LogP contribution in [0.4, 0.5) is 4.79 Å². The number of carbonyl (C=O) groups excluding carboxylic acids is 4. The summed E-state index contributed by atoms with van der Waals surface area (Å²) in [7, 11) is 0. The highest BCUT2D eigenvalue weighted by atomic mass is 16.2. The zero-order valence-corrected chi connectivity index (χ0v) is 14.7. The van der Waals surface area contributed by atoms with Gasteiger partial charge in [0.15, 0.2) is 0 Å². The topological polar surface area (TPSA) is 98.8 Å². The van der Waals surface area contributed by atoms with E-state index in [-0.39, 0.29) is 31.2 Å². The lowest BCUT2D eigenvalue weighted by Gasteiger charge is -2.34. The summed E-state index contributed by atoms with van der Waals surface area (Å²) < 4.78 is 0. The molecule has 8 heteroatoms. The molecule has 2 aliphatic heterocycles. The van der Waals surface area contributed by atoms with Gasteiger partial charge in [-0.15, -0.1) is 0 Å². The first kappa shape index (κ1) is 17.9. The number of piperazine rings is 1. The highest BCUT2D eigenvalue weighted by Gasteiger charge is 2.31. The van der Waals surface area contributed by atoms with Crippen molar-refractivity contribution in [3.63, 3.8) is 0 Å². The fraction of sp³-hybridized carbons (Fsp3) is 0.444. The molecule has 0 aliphatic carbocycles. The van der Waals surface area contributed by atoms with Crippen LogP contribution in [0.2, 0.25) is 0 Å². The van der Waals surface area contributed by atoms with Crippen molar-refractivity contribution in [1.29, 1.82) is 0 Å². The molecule has 2 saturated heterocycles. The van der Waals surface area contributed by atoms with E-state index >= 15 is 0 Å². The van der Waals surface area contributed by atoms with E-state index < -0.39 is 18.0 Å². The van der Waals surface area contributed by atoms with Crippen LogP contribution in [0.3, 0.4) is 0 Å². The predicted octanol–water partition coefficient (Wildman–Crippen LogP) is 0.154. The molecule has 0 bridgehead atoms. The van der Waals surface area contributed by atoms with Crippen LogP contribution in [0.15, 0.2) is 24.3 Å². The number of hydrogen-bond donors (Lipinski definition) is 2. The van der Waals surface area contributed by atoms with E-state index in [1.807, 2.05) is 31.2 Å². The quantitative estimate of drug-likeness (QED) is 0.732. The number of nitrogens with one attached hydrogen (secondary N) is 2. The third-order valence-corrected chi connectivity index (χ3v) is 4.63. The zero-order chi connectivity index (χ0) is 18.7. The van der Waals surface area contributed by atoms with Crippen molar-refractivity contribution < 1.29 is 19.2 Å². The summed E-state index contributed by atoms with van der Waals surface area (Å²) >= 11 is 0. The van der Waals surface area contributed by atoms with Crippen LogP contribution in [-0.4, -0.2) is 59.2 Å². The van der Waals surface area contributed by atoms with Crippen molar-refractivity contribution in [2.24, 2.45) is 0 Å². The van der Waals surface area contributed by atoms with Gasteiger partial charge in [0, 0.05) is 26.1 Å². The van der Waals surface area contributed by atoms with Gasteiger partial charge < -0.3 is 15.1 Å². The van der Waals surface area contributed by atoms with Crippen LogP contribution in [0.25, 0.3) is 0 Å². The summed E-state index contributed by atoms with van der Waals surface area (Å²) in [6.45, 7) is 3.55. The fourth-order valence-corrected chi connectivity index (χ4v) is 3.21. The van der Waals surface area contributed by atoms with Gasteiger partial charge in [-0.3, -0.25) is 19.7 Å². The molecule has 138 valence electrons. The van der Waals surface area contributed by atoms with Gasteiger partial charge >= 0.3 is 6.03 Å². The van der Waals surface area contributed by atoms with Gasteiger partial charge in [-0.1, -0.05) is 29.8 Å². The Hall–Kier alpha value is -2.90. The predicted molar refractivity (Wildman–Crippen MR) is 92.9 cm³/mol. The van der Waals surface area contributed by atoms with Crippen molar-refractivity contribution in [3.05, 3.63) is 35.4 Å². The van der Waals surface area contributed by atoms with Gasteiger partial charge in [-0.2, -0.15) is 0 Å². The summed E-state index contributed by atoms with van der Waals surface area (Å²) in [5.74, 6) is -0.678. The molecular formula is C18H22N4O4. The Morgan fingerprint density at radius 3 is 2.69 bits per heavy atom. The van der Waals surface area contributed by atoms with Crippen LogP contribution in [0.1, 0.15) is 24.0 Å². The first-order valence-corrected chi connectivity index (χ1v) is 8.65. The number of hydrogen-bond acceptors (Lipinski definition) is 4.